The lowest BCUT2D eigenvalue weighted by Gasteiger charge is -2.24. The second-order valence-corrected chi connectivity index (χ2v) is 4.38. The topological polar surface area (TPSA) is 37.3 Å². The van der Waals surface area contributed by atoms with Crippen LogP contribution in [0.25, 0.3) is 0 Å². The Balaban J connectivity index is 2.07. The molecule has 0 heterocycles. The zero-order chi connectivity index (χ0) is 11.5. The van der Waals surface area contributed by atoms with Crippen LogP contribution in [-0.2, 0) is 0 Å². The third kappa shape index (κ3) is 2.40. The average molecular weight is 222 g/mol. The van der Waals surface area contributed by atoms with Gasteiger partial charge in [-0.2, -0.15) is 0 Å². The van der Waals surface area contributed by atoms with Gasteiger partial charge in [-0.1, -0.05) is 12.1 Å². The van der Waals surface area contributed by atoms with Gasteiger partial charge in [-0.05, 0) is 49.3 Å². The second-order valence-electron chi connectivity index (χ2n) is 4.38. The predicted octanol–water partition coefficient (Wildman–Crippen LogP) is 3.38. The fourth-order valence-electron chi connectivity index (χ4n) is 2.28. The maximum absolute atomic E-state index is 13.0. The van der Waals surface area contributed by atoms with Crippen molar-refractivity contribution in [3.05, 3.63) is 35.4 Å². The van der Waals surface area contributed by atoms with Gasteiger partial charge in [-0.3, -0.25) is 0 Å². The van der Waals surface area contributed by atoms with Crippen LogP contribution in [-0.4, -0.2) is 17.2 Å². The molecule has 0 aliphatic heterocycles. The summed E-state index contributed by atoms with van der Waals surface area (Å²) in [7, 11) is 0. The van der Waals surface area contributed by atoms with Crippen molar-refractivity contribution in [1.82, 2.24) is 0 Å². The number of rotatable bonds is 2. The lowest BCUT2D eigenvalue weighted by molar-refractivity contribution is 0.0697. The van der Waals surface area contributed by atoms with Crippen molar-refractivity contribution in [3.8, 4) is 0 Å². The van der Waals surface area contributed by atoms with Crippen molar-refractivity contribution >= 4 is 5.97 Å². The first kappa shape index (κ1) is 11.1. The van der Waals surface area contributed by atoms with E-state index in [-0.39, 0.29) is 0 Å². The Bertz CT molecular complexity index is 364. The zero-order valence-corrected chi connectivity index (χ0v) is 9.03. The number of carboxylic acid groups (broad SMARTS) is 1. The van der Waals surface area contributed by atoms with E-state index in [2.05, 4.69) is 0 Å². The molecule has 0 saturated heterocycles. The van der Waals surface area contributed by atoms with Crippen molar-refractivity contribution in [2.75, 3.05) is 0 Å². The van der Waals surface area contributed by atoms with Crippen molar-refractivity contribution in [1.29, 1.82) is 0 Å². The van der Waals surface area contributed by atoms with E-state index in [1.165, 1.54) is 0 Å². The van der Waals surface area contributed by atoms with Gasteiger partial charge in [0.15, 0.2) is 0 Å². The monoisotopic (exact) mass is 222 g/mol. The Kier molecular flexibility index (Phi) is 3.22. The molecule has 1 fully saturated rings. The van der Waals surface area contributed by atoms with Crippen molar-refractivity contribution in [2.45, 2.75) is 37.8 Å². The fourth-order valence-corrected chi connectivity index (χ4v) is 2.28. The molecule has 2 rings (SSSR count). The minimum atomic E-state index is -0.904. The molecule has 1 aliphatic rings. The lowest BCUT2D eigenvalue weighted by atomic mass is 9.83. The molecule has 1 aromatic carbocycles. The predicted molar refractivity (Wildman–Crippen MR) is 59.5 cm³/mol. The van der Waals surface area contributed by atoms with E-state index in [9.17, 15) is 9.18 Å². The Hall–Kier alpha value is -1.38. The molecular weight excluding hydrogens is 207 g/mol. The van der Waals surface area contributed by atoms with Crippen LogP contribution in [0.2, 0.25) is 0 Å². The zero-order valence-electron chi connectivity index (χ0n) is 9.03. The summed E-state index contributed by atoms with van der Waals surface area (Å²) in [5, 5.41) is 8.77. The van der Waals surface area contributed by atoms with E-state index in [1.807, 2.05) is 12.1 Å². The maximum Gasteiger partial charge on any atom is 0.335 e. The van der Waals surface area contributed by atoms with Gasteiger partial charge in [-0.25, -0.2) is 9.18 Å². The van der Waals surface area contributed by atoms with Gasteiger partial charge >= 0.3 is 5.97 Å². The van der Waals surface area contributed by atoms with Gasteiger partial charge in [0.05, 0.1) is 5.56 Å². The highest BCUT2D eigenvalue weighted by molar-refractivity contribution is 5.87. The number of halogens is 1. The number of alkyl halides is 1. The number of benzene rings is 1. The van der Waals surface area contributed by atoms with Gasteiger partial charge in [0.25, 0.3) is 0 Å². The van der Waals surface area contributed by atoms with Gasteiger partial charge < -0.3 is 5.11 Å². The van der Waals surface area contributed by atoms with Crippen molar-refractivity contribution in [2.24, 2.45) is 0 Å². The summed E-state index contributed by atoms with van der Waals surface area (Å²) in [6.45, 7) is 0. The van der Waals surface area contributed by atoms with E-state index < -0.39 is 12.1 Å². The first-order valence-electron chi connectivity index (χ1n) is 5.64. The van der Waals surface area contributed by atoms with Gasteiger partial charge in [-0.15, -0.1) is 0 Å². The number of aromatic carboxylic acids is 1. The molecule has 0 bridgehead atoms. The molecule has 16 heavy (non-hydrogen) atoms. The fraction of sp³-hybridized carbons (Fsp3) is 0.462. The van der Waals surface area contributed by atoms with Crippen LogP contribution in [0.5, 0.6) is 0 Å². The van der Waals surface area contributed by atoms with E-state index in [4.69, 9.17) is 5.11 Å². The molecule has 0 spiro atoms. The third-order valence-corrected chi connectivity index (χ3v) is 3.29. The van der Waals surface area contributed by atoms with Crippen LogP contribution >= 0.6 is 0 Å². The third-order valence-electron chi connectivity index (χ3n) is 3.29. The number of carboxylic acids is 1. The van der Waals surface area contributed by atoms with Crippen LogP contribution in [0.1, 0.15) is 47.5 Å². The molecule has 0 unspecified atom stereocenters. The summed E-state index contributed by atoms with van der Waals surface area (Å²) in [4.78, 5) is 10.7. The summed E-state index contributed by atoms with van der Waals surface area (Å²) in [5.41, 5.74) is 1.44. The Morgan fingerprint density at radius 1 is 1.12 bits per heavy atom. The molecule has 0 amide bonds. The quantitative estimate of drug-likeness (QED) is 0.832. The highest BCUT2D eigenvalue weighted by Gasteiger charge is 2.21. The normalized spacial score (nSPS) is 25.3. The molecular formula is C13H15FO2. The standard InChI is InChI=1S/C13H15FO2/c14-12-7-5-10(6-8-12)9-1-3-11(4-2-9)13(15)16/h1-4,10,12H,5-8H2,(H,15,16). The summed E-state index contributed by atoms with van der Waals surface area (Å²) in [6.07, 6.45) is 2.35. The molecule has 1 saturated carbocycles. The summed E-state index contributed by atoms with van der Waals surface area (Å²) in [5.74, 6) is -0.506. The minimum Gasteiger partial charge on any atom is -0.478 e. The van der Waals surface area contributed by atoms with E-state index in [0.29, 0.717) is 24.3 Å². The molecule has 0 aromatic heterocycles. The molecule has 1 N–H and O–H groups in total. The lowest BCUT2D eigenvalue weighted by Crippen LogP contribution is -2.13. The maximum atomic E-state index is 13.0. The molecule has 0 atom stereocenters. The summed E-state index contributed by atoms with van der Waals surface area (Å²) in [6, 6.07) is 6.96. The van der Waals surface area contributed by atoms with Crippen LogP contribution < -0.4 is 0 Å². The van der Waals surface area contributed by atoms with Crippen LogP contribution in [0.15, 0.2) is 24.3 Å². The highest BCUT2D eigenvalue weighted by atomic mass is 19.1. The van der Waals surface area contributed by atoms with Crippen LogP contribution in [0.4, 0.5) is 4.39 Å². The Morgan fingerprint density at radius 2 is 1.69 bits per heavy atom. The smallest absolute Gasteiger partial charge is 0.335 e. The van der Waals surface area contributed by atoms with Crippen LogP contribution in [0, 0.1) is 0 Å². The summed E-state index contributed by atoms with van der Waals surface area (Å²) < 4.78 is 13.0. The SMILES string of the molecule is O=C(O)c1ccc(C2CCC(F)CC2)cc1. The average Bonchev–Trinajstić information content (AvgIpc) is 2.30. The molecule has 1 aliphatic carbocycles. The molecule has 3 heteroatoms. The molecule has 86 valence electrons. The van der Waals surface area contributed by atoms with E-state index in [0.717, 1.165) is 18.4 Å². The number of carbonyl (C=O) groups is 1. The molecule has 0 radical (unpaired) electrons. The highest BCUT2D eigenvalue weighted by Crippen LogP contribution is 2.33. The van der Waals surface area contributed by atoms with E-state index >= 15 is 0 Å². The molecule has 2 nitrogen and oxygen atoms in total. The van der Waals surface area contributed by atoms with Gasteiger partial charge in [0, 0.05) is 0 Å². The number of hydrogen-bond donors (Lipinski definition) is 1. The molecule has 1 aromatic rings. The van der Waals surface area contributed by atoms with Crippen molar-refractivity contribution < 1.29 is 14.3 Å². The Labute approximate surface area is 94.1 Å². The van der Waals surface area contributed by atoms with Gasteiger partial charge in [0.2, 0.25) is 0 Å². The Morgan fingerprint density at radius 3 is 2.19 bits per heavy atom. The first-order valence-corrected chi connectivity index (χ1v) is 5.64. The minimum absolute atomic E-state index is 0.308. The van der Waals surface area contributed by atoms with E-state index in [1.54, 1.807) is 12.1 Å². The van der Waals surface area contributed by atoms with Crippen molar-refractivity contribution in [3.63, 3.8) is 0 Å². The second kappa shape index (κ2) is 4.64. The largest absolute Gasteiger partial charge is 0.478 e. The van der Waals surface area contributed by atoms with Gasteiger partial charge in [0.1, 0.15) is 6.17 Å². The number of hydrogen-bond acceptors (Lipinski definition) is 1. The van der Waals surface area contributed by atoms with Crippen LogP contribution in [0.3, 0.4) is 0 Å². The first-order chi connectivity index (χ1) is 7.66. The summed E-state index contributed by atoms with van der Waals surface area (Å²) >= 11 is 0.